The Morgan fingerprint density at radius 3 is 2.46 bits per heavy atom. The monoisotopic (exact) mass is 513 g/mol. The van der Waals surface area contributed by atoms with Crippen LogP contribution >= 0.6 is 11.6 Å². The summed E-state index contributed by atoms with van der Waals surface area (Å²) in [7, 11) is -3.79. The van der Waals surface area contributed by atoms with Crippen LogP contribution in [0.4, 0.5) is 5.69 Å². The van der Waals surface area contributed by atoms with Crippen LogP contribution in [0.5, 0.6) is 0 Å². The van der Waals surface area contributed by atoms with Crippen LogP contribution in [-0.2, 0) is 27.8 Å². The second kappa shape index (κ2) is 11.2. The highest BCUT2D eigenvalue weighted by Crippen LogP contribution is 2.23. The number of hydrogen-bond acceptors (Lipinski definition) is 5. The molecule has 0 bridgehead atoms. The summed E-state index contributed by atoms with van der Waals surface area (Å²) in [6, 6.07) is 19.1. The molecule has 7 nitrogen and oxygen atoms in total. The topological polar surface area (TPSA) is 87.7 Å². The maximum Gasteiger partial charge on any atom is 0.261 e. The second-order valence-corrected chi connectivity index (χ2v) is 10.6. The van der Waals surface area contributed by atoms with Crippen molar-refractivity contribution in [3.8, 4) is 0 Å². The Morgan fingerprint density at radius 2 is 1.71 bits per heavy atom. The van der Waals surface area contributed by atoms with E-state index in [4.69, 9.17) is 16.3 Å². The number of benzene rings is 3. The van der Waals surface area contributed by atoms with E-state index in [2.05, 4.69) is 27.1 Å². The SMILES string of the molecule is Cc1ccc(S(=O)(=O)Nc2ccc(Cl)c(C(=O)NCc3cccc(CN4CCOCC4)c3)c2)cc1. The molecule has 0 aromatic heterocycles. The van der Waals surface area contributed by atoms with Gasteiger partial charge in [0.1, 0.15) is 0 Å². The second-order valence-electron chi connectivity index (χ2n) is 8.50. The number of morpholine rings is 1. The number of sulfonamides is 1. The quantitative estimate of drug-likeness (QED) is 0.471. The fourth-order valence-corrected chi connectivity index (χ4v) is 5.08. The van der Waals surface area contributed by atoms with E-state index < -0.39 is 10.0 Å². The molecular formula is C26H28ClN3O4S. The maximum atomic E-state index is 12.9. The highest BCUT2D eigenvalue weighted by molar-refractivity contribution is 7.92. The van der Waals surface area contributed by atoms with E-state index in [0.717, 1.165) is 44.0 Å². The minimum absolute atomic E-state index is 0.140. The number of ether oxygens (including phenoxy) is 1. The van der Waals surface area contributed by atoms with E-state index in [1.54, 1.807) is 12.1 Å². The third-order valence-corrected chi connectivity index (χ3v) is 7.48. The number of carbonyl (C=O) groups is 1. The third-order valence-electron chi connectivity index (χ3n) is 5.75. The van der Waals surface area contributed by atoms with Crippen molar-refractivity contribution in [2.75, 3.05) is 31.0 Å². The molecule has 1 heterocycles. The van der Waals surface area contributed by atoms with E-state index in [-0.39, 0.29) is 27.1 Å². The van der Waals surface area contributed by atoms with Gasteiger partial charge in [-0.25, -0.2) is 8.42 Å². The highest BCUT2D eigenvalue weighted by atomic mass is 35.5. The number of aryl methyl sites for hydroxylation is 1. The lowest BCUT2D eigenvalue weighted by Crippen LogP contribution is -2.35. The van der Waals surface area contributed by atoms with Gasteiger partial charge in [0.25, 0.3) is 15.9 Å². The van der Waals surface area contributed by atoms with Crippen molar-refractivity contribution in [1.29, 1.82) is 0 Å². The minimum atomic E-state index is -3.79. The fraction of sp³-hybridized carbons (Fsp3) is 0.269. The van der Waals surface area contributed by atoms with Crippen molar-refractivity contribution in [2.24, 2.45) is 0 Å². The Bertz CT molecular complexity index is 1290. The third kappa shape index (κ3) is 6.82. The molecule has 4 rings (SSSR count). The van der Waals surface area contributed by atoms with E-state index in [0.29, 0.717) is 6.54 Å². The first-order valence-electron chi connectivity index (χ1n) is 11.4. The summed E-state index contributed by atoms with van der Waals surface area (Å²) in [4.78, 5) is 15.3. The lowest BCUT2D eigenvalue weighted by atomic mass is 10.1. The lowest BCUT2D eigenvalue weighted by molar-refractivity contribution is 0.0342. The number of rotatable bonds is 8. The Labute approximate surface area is 211 Å². The molecule has 0 saturated carbocycles. The summed E-state index contributed by atoms with van der Waals surface area (Å²) in [6.45, 7) is 6.35. The zero-order valence-corrected chi connectivity index (χ0v) is 21.0. The van der Waals surface area contributed by atoms with Crippen LogP contribution in [-0.4, -0.2) is 45.5 Å². The zero-order chi connectivity index (χ0) is 24.8. The molecule has 3 aromatic carbocycles. The van der Waals surface area contributed by atoms with Gasteiger partial charge < -0.3 is 10.1 Å². The van der Waals surface area contributed by atoms with E-state index in [1.165, 1.54) is 35.9 Å². The van der Waals surface area contributed by atoms with Gasteiger partial charge in [-0.1, -0.05) is 53.6 Å². The van der Waals surface area contributed by atoms with Crippen LogP contribution in [0, 0.1) is 6.92 Å². The van der Waals surface area contributed by atoms with Crippen molar-refractivity contribution < 1.29 is 17.9 Å². The maximum absolute atomic E-state index is 12.9. The molecule has 35 heavy (non-hydrogen) atoms. The molecule has 9 heteroatoms. The summed E-state index contributed by atoms with van der Waals surface area (Å²) in [5.74, 6) is -0.384. The van der Waals surface area contributed by atoms with Gasteiger partial charge in [0.2, 0.25) is 0 Å². The summed E-state index contributed by atoms with van der Waals surface area (Å²) in [5.41, 5.74) is 3.55. The predicted octanol–water partition coefficient (Wildman–Crippen LogP) is 4.21. The molecule has 1 aliphatic heterocycles. The molecule has 184 valence electrons. The number of nitrogens with zero attached hydrogens (tertiary/aromatic N) is 1. The predicted molar refractivity (Wildman–Crippen MR) is 137 cm³/mol. The molecule has 0 spiro atoms. The van der Waals surface area contributed by atoms with Crippen molar-refractivity contribution in [3.05, 3.63) is 94.0 Å². The first-order chi connectivity index (χ1) is 16.8. The van der Waals surface area contributed by atoms with Crippen molar-refractivity contribution in [2.45, 2.75) is 24.9 Å². The van der Waals surface area contributed by atoms with Crippen molar-refractivity contribution in [3.63, 3.8) is 0 Å². The van der Waals surface area contributed by atoms with Crippen molar-refractivity contribution >= 4 is 33.2 Å². The fourth-order valence-electron chi connectivity index (χ4n) is 3.83. The zero-order valence-electron chi connectivity index (χ0n) is 19.5. The average Bonchev–Trinajstić information content (AvgIpc) is 2.85. The van der Waals surface area contributed by atoms with Gasteiger partial charge in [-0.15, -0.1) is 0 Å². The van der Waals surface area contributed by atoms with Gasteiger partial charge in [0, 0.05) is 31.9 Å². The summed E-state index contributed by atoms with van der Waals surface area (Å²) in [5, 5.41) is 3.12. The average molecular weight is 514 g/mol. The minimum Gasteiger partial charge on any atom is -0.379 e. The van der Waals surface area contributed by atoms with Crippen LogP contribution in [0.25, 0.3) is 0 Å². The number of nitrogens with one attached hydrogen (secondary N) is 2. The lowest BCUT2D eigenvalue weighted by Gasteiger charge is -2.26. The molecule has 1 fully saturated rings. The molecule has 0 atom stereocenters. The van der Waals surface area contributed by atoms with Crippen LogP contribution in [0.15, 0.2) is 71.6 Å². The van der Waals surface area contributed by atoms with Crippen LogP contribution in [0.1, 0.15) is 27.0 Å². The van der Waals surface area contributed by atoms with Gasteiger partial charge >= 0.3 is 0 Å². The molecule has 0 unspecified atom stereocenters. The van der Waals surface area contributed by atoms with Crippen LogP contribution in [0.2, 0.25) is 5.02 Å². The van der Waals surface area contributed by atoms with E-state index in [1.807, 2.05) is 19.1 Å². The van der Waals surface area contributed by atoms with E-state index >= 15 is 0 Å². The normalized spacial score (nSPS) is 14.5. The number of halogens is 1. The smallest absolute Gasteiger partial charge is 0.261 e. The summed E-state index contributed by atoms with van der Waals surface area (Å²) >= 11 is 6.26. The standard InChI is InChI=1S/C26H28ClN3O4S/c1-19-5-8-23(9-6-19)35(32,33)29-22-7-10-25(27)24(16-22)26(31)28-17-20-3-2-4-21(15-20)18-30-11-13-34-14-12-30/h2-10,15-16,29H,11-14,17-18H2,1H3,(H,28,31). The molecule has 2 N–H and O–H groups in total. The Balaban J connectivity index is 1.41. The highest BCUT2D eigenvalue weighted by Gasteiger charge is 2.17. The van der Waals surface area contributed by atoms with Crippen molar-refractivity contribution in [1.82, 2.24) is 10.2 Å². The molecule has 3 aromatic rings. The molecular weight excluding hydrogens is 486 g/mol. The number of amides is 1. The molecule has 1 amide bonds. The van der Waals surface area contributed by atoms with Gasteiger partial charge in [0.05, 0.1) is 28.7 Å². The number of hydrogen-bond donors (Lipinski definition) is 2. The van der Waals surface area contributed by atoms with Gasteiger partial charge in [-0.05, 0) is 48.4 Å². The van der Waals surface area contributed by atoms with Gasteiger partial charge in [-0.2, -0.15) is 0 Å². The molecule has 0 aliphatic carbocycles. The summed E-state index contributed by atoms with van der Waals surface area (Å²) in [6.07, 6.45) is 0. The van der Waals surface area contributed by atoms with E-state index in [9.17, 15) is 13.2 Å². The molecule has 1 aliphatic rings. The van der Waals surface area contributed by atoms with Crippen LogP contribution in [0.3, 0.4) is 0 Å². The Hall–Kier alpha value is -2.91. The largest absolute Gasteiger partial charge is 0.379 e. The number of anilines is 1. The Morgan fingerprint density at radius 1 is 1.00 bits per heavy atom. The number of carbonyl (C=O) groups excluding carboxylic acids is 1. The van der Waals surface area contributed by atoms with Gasteiger partial charge in [-0.3, -0.25) is 14.4 Å². The van der Waals surface area contributed by atoms with Crippen LogP contribution < -0.4 is 10.0 Å². The molecule has 1 saturated heterocycles. The Kier molecular flexibility index (Phi) is 8.07. The first kappa shape index (κ1) is 25.2. The summed E-state index contributed by atoms with van der Waals surface area (Å²) < 4.78 is 33.3. The first-order valence-corrected chi connectivity index (χ1v) is 13.2. The molecule has 0 radical (unpaired) electrons. The van der Waals surface area contributed by atoms with Gasteiger partial charge in [0.15, 0.2) is 0 Å².